The molecule has 0 bridgehead atoms. The second-order valence-electron chi connectivity index (χ2n) is 4.60. The van der Waals surface area contributed by atoms with Gasteiger partial charge in [-0.05, 0) is 12.0 Å². The number of aliphatic hydroxyl groups is 1. The fraction of sp³-hybridized carbons (Fsp3) is 0.462. The van der Waals surface area contributed by atoms with E-state index in [2.05, 4.69) is 5.32 Å². The molecule has 0 aromatic heterocycles. The van der Waals surface area contributed by atoms with Crippen LogP contribution in [0.25, 0.3) is 0 Å². The van der Waals surface area contributed by atoms with Gasteiger partial charge in [-0.15, -0.1) is 0 Å². The third-order valence-corrected chi connectivity index (χ3v) is 3.14. The first-order chi connectivity index (χ1) is 8.62. The SMILES string of the molecule is NC1(C(=O)NCC(O)c2ccccc2)CCOC1. The summed E-state index contributed by atoms with van der Waals surface area (Å²) in [6.45, 7) is 0.896. The molecule has 1 heterocycles. The topological polar surface area (TPSA) is 84.6 Å². The Balaban J connectivity index is 1.86. The van der Waals surface area contributed by atoms with Crippen molar-refractivity contribution in [1.82, 2.24) is 5.32 Å². The maximum absolute atomic E-state index is 11.9. The van der Waals surface area contributed by atoms with Gasteiger partial charge in [0, 0.05) is 13.2 Å². The highest BCUT2D eigenvalue weighted by atomic mass is 16.5. The normalized spacial score (nSPS) is 24.8. The van der Waals surface area contributed by atoms with Crippen molar-refractivity contribution in [3.8, 4) is 0 Å². The Morgan fingerprint density at radius 3 is 2.83 bits per heavy atom. The van der Waals surface area contributed by atoms with Crippen LogP contribution in [0.5, 0.6) is 0 Å². The molecular formula is C13H18N2O3. The van der Waals surface area contributed by atoms with Crippen molar-refractivity contribution in [2.75, 3.05) is 19.8 Å². The number of nitrogens with one attached hydrogen (secondary N) is 1. The lowest BCUT2D eigenvalue weighted by Crippen LogP contribution is -2.55. The second-order valence-corrected chi connectivity index (χ2v) is 4.60. The van der Waals surface area contributed by atoms with Crippen molar-refractivity contribution in [3.05, 3.63) is 35.9 Å². The Labute approximate surface area is 106 Å². The predicted octanol–water partition coefficient (Wildman–Crippen LogP) is -0.0460. The maximum Gasteiger partial charge on any atom is 0.242 e. The highest BCUT2D eigenvalue weighted by Gasteiger charge is 2.38. The van der Waals surface area contributed by atoms with Crippen molar-refractivity contribution < 1.29 is 14.6 Å². The van der Waals surface area contributed by atoms with Crippen molar-refractivity contribution in [3.63, 3.8) is 0 Å². The van der Waals surface area contributed by atoms with E-state index in [1.54, 1.807) is 0 Å². The summed E-state index contributed by atoms with van der Waals surface area (Å²) in [6, 6.07) is 9.19. The zero-order valence-corrected chi connectivity index (χ0v) is 10.1. The summed E-state index contributed by atoms with van der Waals surface area (Å²) >= 11 is 0. The molecule has 98 valence electrons. The maximum atomic E-state index is 11.9. The van der Waals surface area contributed by atoms with E-state index < -0.39 is 11.6 Å². The minimum Gasteiger partial charge on any atom is -0.387 e. The molecule has 5 heteroatoms. The summed E-state index contributed by atoms with van der Waals surface area (Å²) in [5, 5.41) is 12.6. The lowest BCUT2D eigenvalue weighted by molar-refractivity contribution is -0.126. The van der Waals surface area contributed by atoms with Gasteiger partial charge in [-0.25, -0.2) is 0 Å². The quantitative estimate of drug-likeness (QED) is 0.699. The number of ether oxygens (including phenoxy) is 1. The summed E-state index contributed by atoms with van der Waals surface area (Å²) in [4.78, 5) is 11.9. The number of amides is 1. The number of carbonyl (C=O) groups is 1. The van der Waals surface area contributed by atoms with Crippen molar-refractivity contribution in [2.45, 2.75) is 18.1 Å². The molecule has 2 rings (SSSR count). The predicted molar refractivity (Wildman–Crippen MR) is 66.8 cm³/mol. The molecule has 0 radical (unpaired) electrons. The third-order valence-electron chi connectivity index (χ3n) is 3.14. The van der Waals surface area contributed by atoms with Crippen LogP contribution in [0.3, 0.4) is 0 Å². The minimum atomic E-state index is -0.948. The molecule has 0 spiro atoms. The molecule has 1 fully saturated rings. The first kappa shape index (κ1) is 13.0. The largest absolute Gasteiger partial charge is 0.387 e. The zero-order chi connectivity index (χ0) is 13.0. The van der Waals surface area contributed by atoms with Gasteiger partial charge in [0.1, 0.15) is 5.54 Å². The van der Waals surface area contributed by atoms with Gasteiger partial charge < -0.3 is 20.9 Å². The molecule has 1 aliphatic rings. The van der Waals surface area contributed by atoms with Crippen LogP contribution in [0.1, 0.15) is 18.1 Å². The number of aliphatic hydroxyl groups excluding tert-OH is 1. The van der Waals surface area contributed by atoms with Gasteiger partial charge in [0.05, 0.1) is 12.7 Å². The van der Waals surface area contributed by atoms with E-state index in [1.165, 1.54) is 0 Å². The van der Waals surface area contributed by atoms with E-state index in [0.717, 1.165) is 5.56 Å². The van der Waals surface area contributed by atoms with Crippen LogP contribution in [0.4, 0.5) is 0 Å². The number of hydrogen-bond acceptors (Lipinski definition) is 4. The monoisotopic (exact) mass is 250 g/mol. The van der Waals surface area contributed by atoms with Crippen LogP contribution >= 0.6 is 0 Å². The Kier molecular flexibility index (Phi) is 3.96. The average Bonchev–Trinajstić information content (AvgIpc) is 2.85. The molecule has 1 aliphatic heterocycles. The molecule has 1 amide bonds. The van der Waals surface area contributed by atoms with Crippen LogP contribution in [-0.4, -0.2) is 36.3 Å². The number of hydrogen-bond donors (Lipinski definition) is 3. The highest BCUT2D eigenvalue weighted by Crippen LogP contribution is 2.16. The van der Waals surface area contributed by atoms with E-state index in [9.17, 15) is 9.90 Å². The summed E-state index contributed by atoms with van der Waals surface area (Å²) in [6.07, 6.45) is -0.207. The zero-order valence-electron chi connectivity index (χ0n) is 10.1. The van der Waals surface area contributed by atoms with Crippen molar-refractivity contribution in [1.29, 1.82) is 0 Å². The lowest BCUT2D eigenvalue weighted by Gasteiger charge is -2.21. The molecule has 18 heavy (non-hydrogen) atoms. The highest BCUT2D eigenvalue weighted by molar-refractivity contribution is 5.86. The van der Waals surface area contributed by atoms with Crippen LogP contribution in [0.2, 0.25) is 0 Å². The minimum absolute atomic E-state index is 0.155. The van der Waals surface area contributed by atoms with Crippen molar-refractivity contribution in [2.24, 2.45) is 5.73 Å². The molecule has 1 saturated heterocycles. The Bertz CT molecular complexity index is 402. The molecule has 2 unspecified atom stereocenters. The summed E-state index contributed by atoms with van der Waals surface area (Å²) in [7, 11) is 0. The molecule has 4 N–H and O–H groups in total. The lowest BCUT2D eigenvalue weighted by atomic mass is 9.99. The Morgan fingerprint density at radius 1 is 1.50 bits per heavy atom. The van der Waals surface area contributed by atoms with E-state index in [-0.39, 0.29) is 19.1 Å². The van der Waals surface area contributed by atoms with Gasteiger partial charge in [0.25, 0.3) is 0 Å². The Hall–Kier alpha value is -1.43. The van der Waals surface area contributed by atoms with Gasteiger partial charge in [-0.2, -0.15) is 0 Å². The fourth-order valence-corrected chi connectivity index (χ4v) is 1.92. The first-order valence-electron chi connectivity index (χ1n) is 6.00. The smallest absolute Gasteiger partial charge is 0.242 e. The van der Waals surface area contributed by atoms with E-state index >= 15 is 0 Å². The third kappa shape index (κ3) is 2.87. The van der Waals surface area contributed by atoms with Crippen LogP contribution in [0.15, 0.2) is 30.3 Å². The number of rotatable bonds is 4. The van der Waals surface area contributed by atoms with E-state index in [1.807, 2.05) is 30.3 Å². The first-order valence-corrected chi connectivity index (χ1v) is 6.00. The van der Waals surface area contributed by atoms with E-state index in [0.29, 0.717) is 13.0 Å². The molecule has 2 atom stereocenters. The van der Waals surface area contributed by atoms with Gasteiger partial charge >= 0.3 is 0 Å². The molecule has 1 aromatic rings. The van der Waals surface area contributed by atoms with E-state index in [4.69, 9.17) is 10.5 Å². The Morgan fingerprint density at radius 2 is 2.22 bits per heavy atom. The summed E-state index contributed by atoms with van der Waals surface area (Å²) in [5.74, 6) is -0.269. The molecular weight excluding hydrogens is 232 g/mol. The van der Waals surface area contributed by atoms with Gasteiger partial charge in [0.15, 0.2) is 0 Å². The van der Waals surface area contributed by atoms with Gasteiger partial charge in [-0.3, -0.25) is 4.79 Å². The van der Waals surface area contributed by atoms with Crippen LogP contribution in [0, 0.1) is 0 Å². The fourth-order valence-electron chi connectivity index (χ4n) is 1.92. The second kappa shape index (κ2) is 5.48. The molecule has 0 saturated carbocycles. The van der Waals surface area contributed by atoms with Crippen LogP contribution in [-0.2, 0) is 9.53 Å². The number of nitrogens with two attached hydrogens (primary N) is 1. The standard InChI is InChI=1S/C13H18N2O3/c14-13(6-7-18-9-13)12(17)15-8-11(16)10-4-2-1-3-5-10/h1-5,11,16H,6-9,14H2,(H,15,17). The summed E-state index contributed by atoms with van der Waals surface area (Å²) in [5.41, 5.74) is 5.73. The van der Waals surface area contributed by atoms with Gasteiger partial charge in [-0.1, -0.05) is 30.3 Å². The molecule has 5 nitrogen and oxygen atoms in total. The van der Waals surface area contributed by atoms with Crippen molar-refractivity contribution >= 4 is 5.91 Å². The average molecular weight is 250 g/mol. The number of carbonyl (C=O) groups excluding carboxylic acids is 1. The number of benzene rings is 1. The molecule has 0 aliphatic carbocycles. The summed E-state index contributed by atoms with van der Waals surface area (Å²) < 4.78 is 5.12. The van der Waals surface area contributed by atoms with Crippen LogP contribution < -0.4 is 11.1 Å². The van der Waals surface area contributed by atoms with Gasteiger partial charge in [0.2, 0.25) is 5.91 Å². The molecule has 1 aromatic carbocycles.